The second-order valence-electron chi connectivity index (χ2n) is 10.4. The molecule has 3 rings (SSSR count). The highest BCUT2D eigenvalue weighted by molar-refractivity contribution is 7.92. The Labute approximate surface area is 253 Å². The maximum Gasteiger partial charge on any atom is 0.264 e. The van der Waals surface area contributed by atoms with Gasteiger partial charge in [0.15, 0.2) is 0 Å². The zero-order valence-electron chi connectivity index (χ0n) is 24.2. The van der Waals surface area contributed by atoms with Gasteiger partial charge < -0.3 is 10.2 Å². The Kier molecular flexibility index (Phi) is 10.9. The molecule has 0 aromatic heterocycles. The molecular weight excluding hydrogens is 581 g/mol. The lowest BCUT2D eigenvalue weighted by Gasteiger charge is -2.33. The van der Waals surface area contributed by atoms with Crippen LogP contribution in [0.3, 0.4) is 0 Å². The zero-order valence-corrected chi connectivity index (χ0v) is 26.6. The van der Waals surface area contributed by atoms with E-state index in [1.165, 1.54) is 17.0 Å². The van der Waals surface area contributed by atoms with Crippen LogP contribution >= 0.6 is 23.2 Å². The van der Waals surface area contributed by atoms with E-state index in [-0.39, 0.29) is 23.4 Å². The summed E-state index contributed by atoms with van der Waals surface area (Å²) in [5.41, 5.74) is 3.52. The lowest BCUT2D eigenvalue weighted by atomic mass is 10.1. The van der Waals surface area contributed by atoms with Crippen molar-refractivity contribution >= 4 is 50.7 Å². The molecule has 2 amide bonds. The standard InChI is InChI=1S/C31H37Cl2N3O4S/c1-7-23(5)34-31(38)24(6)35(18-25-11-12-26(32)17-28(25)33)30(37)19-36(29-15-10-21(3)16-22(29)4)41(39,40)27-13-8-20(2)9-14-27/h8-17,23-24H,7,18-19H2,1-6H3,(H,34,38)/t23-,24-/m1/s1. The molecule has 0 spiro atoms. The molecule has 0 radical (unpaired) electrons. The molecule has 0 aliphatic carbocycles. The maximum absolute atomic E-state index is 14.1. The summed E-state index contributed by atoms with van der Waals surface area (Å²) < 4.78 is 29.2. The van der Waals surface area contributed by atoms with Crippen LogP contribution in [0.25, 0.3) is 0 Å². The van der Waals surface area contributed by atoms with Crippen molar-refractivity contribution in [3.05, 3.63) is 93.0 Å². The number of amides is 2. The summed E-state index contributed by atoms with van der Waals surface area (Å²) in [5.74, 6) is -0.907. The Morgan fingerprint density at radius 2 is 1.54 bits per heavy atom. The van der Waals surface area contributed by atoms with Gasteiger partial charge in [0.25, 0.3) is 10.0 Å². The molecule has 0 heterocycles. The number of aryl methyl sites for hydroxylation is 3. The summed E-state index contributed by atoms with van der Waals surface area (Å²) in [6.07, 6.45) is 0.713. The van der Waals surface area contributed by atoms with Crippen LogP contribution in [-0.4, -0.2) is 43.8 Å². The zero-order chi connectivity index (χ0) is 30.5. The Balaban J connectivity index is 2.08. The number of anilines is 1. The molecule has 41 heavy (non-hydrogen) atoms. The van der Waals surface area contributed by atoms with Gasteiger partial charge in [0, 0.05) is 22.6 Å². The van der Waals surface area contributed by atoms with E-state index in [0.29, 0.717) is 33.3 Å². The molecule has 0 aliphatic rings. The number of carbonyl (C=O) groups is 2. The molecule has 7 nitrogen and oxygen atoms in total. The molecule has 0 aliphatic heterocycles. The number of nitrogens with zero attached hydrogens (tertiary/aromatic N) is 2. The Morgan fingerprint density at radius 3 is 2.12 bits per heavy atom. The van der Waals surface area contributed by atoms with E-state index in [1.807, 2.05) is 33.8 Å². The molecule has 3 aromatic carbocycles. The third-order valence-electron chi connectivity index (χ3n) is 7.03. The summed E-state index contributed by atoms with van der Waals surface area (Å²) in [4.78, 5) is 28.7. The van der Waals surface area contributed by atoms with Gasteiger partial charge in [-0.15, -0.1) is 0 Å². The lowest BCUT2D eigenvalue weighted by molar-refractivity contribution is -0.139. The average molecular weight is 619 g/mol. The third-order valence-corrected chi connectivity index (χ3v) is 9.39. The molecular formula is C31H37Cl2N3O4S. The van der Waals surface area contributed by atoms with Gasteiger partial charge in [-0.3, -0.25) is 13.9 Å². The van der Waals surface area contributed by atoms with Crippen molar-refractivity contribution in [3.8, 4) is 0 Å². The minimum Gasteiger partial charge on any atom is -0.352 e. The quantitative estimate of drug-likeness (QED) is 0.268. The van der Waals surface area contributed by atoms with Crippen molar-refractivity contribution in [2.24, 2.45) is 0 Å². The van der Waals surface area contributed by atoms with E-state index < -0.39 is 28.5 Å². The van der Waals surface area contributed by atoms with Gasteiger partial charge in [-0.2, -0.15) is 0 Å². The van der Waals surface area contributed by atoms with E-state index in [4.69, 9.17) is 23.2 Å². The van der Waals surface area contributed by atoms with Crippen molar-refractivity contribution in [3.63, 3.8) is 0 Å². The first kappa shape index (κ1) is 32.4. The van der Waals surface area contributed by atoms with Crippen LogP contribution in [0.4, 0.5) is 5.69 Å². The molecule has 220 valence electrons. The smallest absolute Gasteiger partial charge is 0.264 e. The average Bonchev–Trinajstić information content (AvgIpc) is 2.91. The number of carbonyl (C=O) groups excluding carboxylic acids is 2. The lowest BCUT2D eigenvalue weighted by Crippen LogP contribution is -2.52. The first-order valence-electron chi connectivity index (χ1n) is 13.4. The summed E-state index contributed by atoms with van der Waals surface area (Å²) in [6, 6.07) is 15.7. The number of hydrogen-bond acceptors (Lipinski definition) is 4. The van der Waals surface area contributed by atoms with Crippen LogP contribution in [0.5, 0.6) is 0 Å². The maximum atomic E-state index is 14.1. The van der Waals surface area contributed by atoms with E-state index >= 15 is 0 Å². The normalized spacial score (nSPS) is 12.9. The number of hydrogen-bond donors (Lipinski definition) is 1. The van der Waals surface area contributed by atoms with Gasteiger partial charge in [0.05, 0.1) is 10.6 Å². The summed E-state index contributed by atoms with van der Waals surface area (Å²) in [5, 5.41) is 3.69. The van der Waals surface area contributed by atoms with Gasteiger partial charge in [-0.1, -0.05) is 71.6 Å². The monoisotopic (exact) mass is 617 g/mol. The van der Waals surface area contributed by atoms with Crippen molar-refractivity contribution in [1.29, 1.82) is 0 Å². The SMILES string of the molecule is CC[C@@H](C)NC(=O)[C@@H](C)N(Cc1ccc(Cl)cc1Cl)C(=O)CN(c1ccc(C)cc1C)S(=O)(=O)c1ccc(C)cc1. The van der Waals surface area contributed by atoms with Crippen LogP contribution in [0.15, 0.2) is 65.6 Å². The predicted molar refractivity (Wildman–Crippen MR) is 166 cm³/mol. The number of rotatable bonds is 11. The van der Waals surface area contributed by atoms with Crippen LogP contribution in [0.2, 0.25) is 10.0 Å². The van der Waals surface area contributed by atoms with E-state index in [9.17, 15) is 18.0 Å². The fourth-order valence-electron chi connectivity index (χ4n) is 4.32. The van der Waals surface area contributed by atoms with Gasteiger partial charge in [0.2, 0.25) is 11.8 Å². The number of benzene rings is 3. The highest BCUT2D eigenvalue weighted by Crippen LogP contribution is 2.29. The second kappa shape index (κ2) is 13.7. The van der Waals surface area contributed by atoms with Crippen molar-refractivity contribution < 1.29 is 18.0 Å². The van der Waals surface area contributed by atoms with Crippen LogP contribution in [-0.2, 0) is 26.2 Å². The number of nitrogens with one attached hydrogen (secondary N) is 1. The van der Waals surface area contributed by atoms with Crippen LogP contribution < -0.4 is 9.62 Å². The van der Waals surface area contributed by atoms with Gasteiger partial charge in [-0.25, -0.2) is 8.42 Å². The molecule has 3 aromatic rings. The topological polar surface area (TPSA) is 86.8 Å². The second-order valence-corrected chi connectivity index (χ2v) is 13.1. The Morgan fingerprint density at radius 1 is 0.902 bits per heavy atom. The van der Waals surface area contributed by atoms with Gasteiger partial charge >= 0.3 is 0 Å². The van der Waals surface area contributed by atoms with Gasteiger partial charge in [-0.05, 0) is 82.5 Å². The molecule has 0 saturated heterocycles. The van der Waals surface area contributed by atoms with E-state index in [0.717, 1.165) is 15.4 Å². The fraction of sp³-hybridized carbons (Fsp3) is 0.355. The van der Waals surface area contributed by atoms with Crippen molar-refractivity contribution in [1.82, 2.24) is 10.2 Å². The Bertz CT molecular complexity index is 1510. The first-order valence-corrected chi connectivity index (χ1v) is 15.6. The van der Waals surface area contributed by atoms with E-state index in [2.05, 4.69) is 5.32 Å². The summed E-state index contributed by atoms with van der Waals surface area (Å²) in [6.45, 7) is 10.5. The minimum absolute atomic E-state index is 0.0186. The molecule has 0 unspecified atom stereocenters. The minimum atomic E-state index is -4.15. The fourth-order valence-corrected chi connectivity index (χ4v) is 6.26. The first-order chi connectivity index (χ1) is 19.2. The van der Waals surface area contributed by atoms with Crippen molar-refractivity contribution in [2.45, 2.75) is 71.5 Å². The van der Waals surface area contributed by atoms with Gasteiger partial charge in [0.1, 0.15) is 12.6 Å². The predicted octanol–water partition coefficient (Wildman–Crippen LogP) is 6.45. The number of halogens is 2. The molecule has 1 N–H and O–H groups in total. The molecule has 0 fully saturated rings. The summed E-state index contributed by atoms with van der Waals surface area (Å²) >= 11 is 12.5. The molecule has 2 atom stereocenters. The molecule has 10 heteroatoms. The highest BCUT2D eigenvalue weighted by atomic mass is 35.5. The third kappa shape index (κ3) is 8.03. The summed E-state index contributed by atoms with van der Waals surface area (Å²) in [7, 11) is -4.15. The largest absolute Gasteiger partial charge is 0.352 e. The van der Waals surface area contributed by atoms with Crippen LogP contribution in [0.1, 0.15) is 49.4 Å². The van der Waals surface area contributed by atoms with Crippen LogP contribution in [0, 0.1) is 20.8 Å². The van der Waals surface area contributed by atoms with Crippen molar-refractivity contribution in [2.75, 3.05) is 10.8 Å². The Hall–Kier alpha value is -3.07. The highest BCUT2D eigenvalue weighted by Gasteiger charge is 2.33. The molecule has 0 saturated carbocycles. The molecule has 0 bridgehead atoms. The van der Waals surface area contributed by atoms with E-state index in [1.54, 1.807) is 56.3 Å². The number of sulfonamides is 1.